The molecule has 19 heavy (non-hydrogen) atoms. The molecule has 0 radical (unpaired) electrons. The number of aromatic amines is 1. The third-order valence-corrected chi connectivity index (χ3v) is 2.35. The number of anilines is 2. The molecule has 0 bridgehead atoms. The van der Waals surface area contributed by atoms with E-state index in [-0.39, 0.29) is 5.69 Å². The highest BCUT2D eigenvalue weighted by Crippen LogP contribution is 2.27. The van der Waals surface area contributed by atoms with Crippen LogP contribution in [-0.2, 0) is 0 Å². The molecular weight excluding hydrogens is 257 g/mol. The highest BCUT2D eigenvalue weighted by atomic mass is 19.1. The summed E-state index contributed by atoms with van der Waals surface area (Å²) in [6.45, 7) is 0. The molecule has 1 aromatic heterocycles. The van der Waals surface area contributed by atoms with E-state index in [0.717, 1.165) is 12.1 Å². The number of carbonyl (C=O) groups excluding carboxylic acids is 1. The number of halogens is 1. The second kappa shape index (κ2) is 4.72. The third-order valence-electron chi connectivity index (χ3n) is 2.35. The van der Waals surface area contributed by atoms with Crippen LogP contribution in [0.4, 0.5) is 21.5 Å². The van der Waals surface area contributed by atoms with Gasteiger partial charge in [-0.25, -0.2) is 4.39 Å². The molecule has 8 nitrogen and oxygen atoms in total. The summed E-state index contributed by atoms with van der Waals surface area (Å²) in [5.41, 5.74) is 4.11. The molecule has 4 N–H and O–H groups in total. The minimum Gasteiger partial charge on any atom is -0.392 e. The van der Waals surface area contributed by atoms with Gasteiger partial charge in [0.15, 0.2) is 0 Å². The zero-order chi connectivity index (χ0) is 14.0. The number of aromatic nitrogens is 2. The molecule has 0 saturated heterocycles. The van der Waals surface area contributed by atoms with Crippen LogP contribution in [0.25, 0.3) is 0 Å². The van der Waals surface area contributed by atoms with Gasteiger partial charge in [0.25, 0.3) is 11.6 Å². The molecule has 1 aromatic carbocycles. The quantitative estimate of drug-likeness (QED) is 0.437. The van der Waals surface area contributed by atoms with Crippen LogP contribution in [0.2, 0.25) is 0 Å². The van der Waals surface area contributed by atoms with Crippen LogP contribution in [0, 0.1) is 15.9 Å². The number of nitro groups is 1. The van der Waals surface area contributed by atoms with E-state index in [0.29, 0.717) is 0 Å². The molecule has 1 amide bonds. The summed E-state index contributed by atoms with van der Waals surface area (Å²) in [6.07, 6.45) is 2.66. The molecule has 9 heteroatoms. The Balaban J connectivity index is 2.41. The SMILES string of the molecule is Nc1c([N+](=O)[O-])ccc(F)c1C(=O)Nc1cn[nH]c1. The van der Waals surface area contributed by atoms with Crippen molar-refractivity contribution >= 4 is 23.0 Å². The lowest BCUT2D eigenvalue weighted by Crippen LogP contribution is -2.16. The first-order valence-corrected chi connectivity index (χ1v) is 5.03. The van der Waals surface area contributed by atoms with Gasteiger partial charge < -0.3 is 11.1 Å². The van der Waals surface area contributed by atoms with Gasteiger partial charge in [0.2, 0.25) is 0 Å². The first-order chi connectivity index (χ1) is 9.00. The number of rotatable bonds is 3. The van der Waals surface area contributed by atoms with E-state index in [2.05, 4.69) is 15.5 Å². The molecule has 0 spiro atoms. The first-order valence-electron chi connectivity index (χ1n) is 5.03. The number of nitrogen functional groups attached to an aromatic ring is 1. The Morgan fingerprint density at radius 3 is 2.84 bits per heavy atom. The lowest BCUT2D eigenvalue weighted by Gasteiger charge is -2.07. The van der Waals surface area contributed by atoms with Gasteiger partial charge in [0.05, 0.1) is 16.8 Å². The van der Waals surface area contributed by atoms with Gasteiger partial charge in [0.1, 0.15) is 17.1 Å². The van der Waals surface area contributed by atoms with Crippen LogP contribution in [0.5, 0.6) is 0 Å². The average Bonchev–Trinajstić information content (AvgIpc) is 2.81. The Morgan fingerprint density at radius 2 is 2.26 bits per heavy atom. The topological polar surface area (TPSA) is 127 Å². The van der Waals surface area contributed by atoms with Crippen LogP contribution in [-0.4, -0.2) is 21.0 Å². The van der Waals surface area contributed by atoms with Crippen molar-refractivity contribution in [2.24, 2.45) is 0 Å². The summed E-state index contributed by atoms with van der Waals surface area (Å²) in [4.78, 5) is 21.7. The Bertz CT molecular complexity index is 641. The van der Waals surface area contributed by atoms with Crippen LogP contribution in [0.1, 0.15) is 10.4 Å². The molecule has 2 rings (SSSR count). The fraction of sp³-hybridized carbons (Fsp3) is 0. The number of nitrogens with zero attached hydrogens (tertiary/aromatic N) is 2. The molecule has 0 aliphatic carbocycles. The van der Waals surface area contributed by atoms with Gasteiger partial charge in [0, 0.05) is 12.3 Å². The van der Waals surface area contributed by atoms with E-state index in [1.54, 1.807) is 0 Å². The summed E-state index contributed by atoms with van der Waals surface area (Å²) in [5, 5.41) is 19.0. The maximum Gasteiger partial charge on any atom is 0.293 e. The molecule has 2 aromatic rings. The zero-order valence-corrected chi connectivity index (χ0v) is 9.38. The van der Waals surface area contributed by atoms with E-state index >= 15 is 0 Å². The van der Waals surface area contributed by atoms with E-state index in [9.17, 15) is 19.3 Å². The van der Waals surface area contributed by atoms with Gasteiger partial charge >= 0.3 is 0 Å². The van der Waals surface area contributed by atoms with Crippen LogP contribution in [0.3, 0.4) is 0 Å². The molecule has 0 unspecified atom stereocenters. The van der Waals surface area contributed by atoms with Crippen molar-refractivity contribution < 1.29 is 14.1 Å². The zero-order valence-electron chi connectivity index (χ0n) is 9.38. The maximum absolute atomic E-state index is 13.6. The number of nitro benzene ring substituents is 1. The second-order valence-electron chi connectivity index (χ2n) is 3.55. The number of H-pyrrole nitrogens is 1. The summed E-state index contributed by atoms with van der Waals surface area (Å²) < 4.78 is 13.6. The second-order valence-corrected chi connectivity index (χ2v) is 3.55. The molecule has 0 aliphatic rings. The Labute approximate surface area is 105 Å². The first kappa shape index (κ1) is 12.5. The van der Waals surface area contributed by atoms with Crippen LogP contribution >= 0.6 is 0 Å². The molecule has 1 heterocycles. The maximum atomic E-state index is 13.6. The number of nitrogens with one attached hydrogen (secondary N) is 2. The fourth-order valence-corrected chi connectivity index (χ4v) is 1.48. The number of carbonyl (C=O) groups is 1. The number of nitrogens with two attached hydrogens (primary N) is 1. The van der Waals surface area contributed by atoms with Gasteiger partial charge in [-0.2, -0.15) is 5.10 Å². The largest absolute Gasteiger partial charge is 0.392 e. The highest BCUT2D eigenvalue weighted by molar-refractivity contribution is 6.09. The van der Waals surface area contributed by atoms with Gasteiger partial charge in [-0.15, -0.1) is 0 Å². The number of amides is 1. The highest BCUT2D eigenvalue weighted by Gasteiger charge is 2.23. The molecule has 0 aliphatic heterocycles. The van der Waals surface area contributed by atoms with Crippen molar-refractivity contribution in [1.29, 1.82) is 0 Å². The Kier molecular flexibility index (Phi) is 3.10. The number of hydrogen-bond acceptors (Lipinski definition) is 5. The monoisotopic (exact) mass is 265 g/mol. The summed E-state index contributed by atoms with van der Waals surface area (Å²) in [5.74, 6) is -1.83. The van der Waals surface area contributed by atoms with Crippen molar-refractivity contribution in [2.75, 3.05) is 11.1 Å². The minimum atomic E-state index is -0.941. The average molecular weight is 265 g/mol. The fourth-order valence-electron chi connectivity index (χ4n) is 1.48. The smallest absolute Gasteiger partial charge is 0.293 e. The van der Waals surface area contributed by atoms with E-state index in [4.69, 9.17) is 5.73 Å². The molecule has 0 atom stereocenters. The van der Waals surface area contributed by atoms with Crippen LogP contribution in [0.15, 0.2) is 24.5 Å². The summed E-state index contributed by atoms with van der Waals surface area (Å²) in [6, 6.07) is 1.72. The summed E-state index contributed by atoms with van der Waals surface area (Å²) >= 11 is 0. The normalized spacial score (nSPS) is 10.2. The Morgan fingerprint density at radius 1 is 1.53 bits per heavy atom. The molecule has 98 valence electrons. The van der Waals surface area contributed by atoms with Crippen molar-refractivity contribution in [3.05, 3.63) is 46.0 Å². The number of hydrogen-bond donors (Lipinski definition) is 3. The van der Waals surface area contributed by atoms with Crippen molar-refractivity contribution in [3.8, 4) is 0 Å². The lowest BCUT2D eigenvalue weighted by atomic mass is 10.1. The van der Waals surface area contributed by atoms with Crippen molar-refractivity contribution in [1.82, 2.24) is 10.2 Å². The van der Waals surface area contributed by atoms with E-state index in [1.807, 2.05) is 0 Å². The van der Waals surface area contributed by atoms with Crippen molar-refractivity contribution in [2.45, 2.75) is 0 Å². The summed E-state index contributed by atoms with van der Waals surface area (Å²) in [7, 11) is 0. The molecule has 0 fully saturated rings. The lowest BCUT2D eigenvalue weighted by molar-refractivity contribution is -0.384. The number of benzene rings is 1. The van der Waals surface area contributed by atoms with Gasteiger partial charge in [-0.05, 0) is 6.07 Å². The van der Waals surface area contributed by atoms with Crippen LogP contribution < -0.4 is 11.1 Å². The molecule has 0 saturated carbocycles. The predicted molar refractivity (Wildman–Crippen MR) is 64.0 cm³/mol. The van der Waals surface area contributed by atoms with Gasteiger partial charge in [-0.1, -0.05) is 0 Å². The Hall–Kier alpha value is -2.97. The third kappa shape index (κ3) is 2.34. The standard InChI is InChI=1S/C10H8FN5O3/c11-6-1-2-7(16(18)19)9(12)8(6)10(17)15-5-3-13-14-4-5/h1-4H,12H2,(H,13,14)(H,15,17). The van der Waals surface area contributed by atoms with Gasteiger partial charge in [-0.3, -0.25) is 20.0 Å². The molecular formula is C10H8FN5O3. The predicted octanol–water partition coefficient (Wildman–Crippen LogP) is 1.29. The minimum absolute atomic E-state index is 0.287. The van der Waals surface area contributed by atoms with Crippen molar-refractivity contribution in [3.63, 3.8) is 0 Å². The van der Waals surface area contributed by atoms with E-state index in [1.165, 1.54) is 12.4 Å². The van der Waals surface area contributed by atoms with E-state index < -0.39 is 33.6 Å².